The van der Waals surface area contributed by atoms with Crippen LogP contribution in [-0.2, 0) is 28.1 Å². The van der Waals surface area contributed by atoms with Crippen LogP contribution in [0.2, 0.25) is 0 Å². The molecule has 2 heterocycles. The van der Waals surface area contributed by atoms with Crippen molar-refractivity contribution in [3.05, 3.63) is 0 Å². The fourth-order valence-corrected chi connectivity index (χ4v) is 3.53. The number of aliphatic hydroxyl groups is 5. The maximum atomic E-state index is 11.5. The summed E-state index contributed by atoms with van der Waals surface area (Å²) in [5.41, 5.74) is 3.53. The topological polar surface area (TPSA) is 258 Å². The van der Waals surface area contributed by atoms with Crippen molar-refractivity contribution in [2.24, 2.45) is 0 Å². The lowest BCUT2D eigenvalue weighted by molar-refractivity contribution is -0.502. The number of quaternary nitrogens is 1. The van der Waals surface area contributed by atoms with Crippen molar-refractivity contribution in [2.45, 2.75) is 68.2 Å². The summed E-state index contributed by atoms with van der Waals surface area (Å²) in [5.74, 6) is -0.647. The quantitative estimate of drug-likeness (QED) is 0.174. The van der Waals surface area contributed by atoms with Crippen LogP contribution in [0.15, 0.2) is 0 Å². The maximum Gasteiger partial charge on any atom is 0.217 e. The Kier molecular flexibility index (Phi) is 8.68. The molecule has 0 radical (unpaired) electrons. The zero-order valence-electron chi connectivity index (χ0n) is 15.8. The zero-order valence-corrected chi connectivity index (χ0v) is 16.7. The third-order valence-corrected chi connectivity index (χ3v) is 5.23. The Bertz CT molecular complexity index is 633. The average molecular weight is 461 g/mol. The van der Waals surface area contributed by atoms with Gasteiger partial charge >= 0.3 is 0 Å². The second-order valence-electron chi connectivity index (χ2n) is 7.00. The molecule has 0 saturated carbocycles. The highest BCUT2D eigenvalue weighted by Crippen LogP contribution is 2.31. The first-order valence-corrected chi connectivity index (χ1v) is 10.4. The predicted molar refractivity (Wildman–Crippen MR) is 87.4 cm³/mol. The van der Waals surface area contributed by atoms with Crippen LogP contribution in [0.25, 0.3) is 0 Å². The maximum absolute atomic E-state index is 11.5. The van der Waals surface area contributed by atoms with E-state index in [0.29, 0.717) is 0 Å². The van der Waals surface area contributed by atoms with Crippen LogP contribution in [0.1, 0.15) is 6.92 Å². The van der Waals surface area contributed by atoms with Crippen molar-refractivity contribution >= 4 is 13.7 Å². The van der Waals surface area contributed by atoms with Gasteiger partial charge in [-0.3, -0.25) is 4.79 Å². The zero-order chi connectivity index (χ0) is 22.8. The molecule has 2 fully saturated rings. The highest BCUT2D eigenvalue weighted by Gasteiger charge is 2.51. The number of nitrogens with one attached hydrogen (secondary N) is 1. The molecule has 0 spiro atoms. The van der Waals surface area contributed by atoms with E-state index in [-0.39, 0.29) is 0 Å². The van der Waals surface area contributed by atoms with Gasteiger partial charge < -0.3 is 69.7 Å². The molecule has 1 unspecified atom stereocenters. The summed E-state index contributed by atoms with van der Waals surface area (Å²) in [6, 6.07) is -2.50. The molecule has 1 amide bonds. The first kappa shape index (κ1) is 25.5. The third-order valence-electron chi connectivity index (χ3n) is 4.76. The van der Waals surface area contributed by atoms with Crippen LogP contribution in [0.5, 0.6) is 0 Å². The average Bonchev–Trinajstić information content (AvgIpc) is 2.65. The Labute approximate surface area is 170 Å². The summed E-state index contributed by atoms with van der Waals surface area (Å²) >= 11 is 0. The number of aliphatic hydroxyl groups excluding tert-OH is 5. The van der Waals surface area contributed by atoms with Crippen molar-refractivity contribution in [3.63, 3.8) is 0 Å². The smallest absolute Gasteiger partial charge is 0.217 e. The molecular weight excluding hydrogens is 435 g/mol. The van der Waals surface area contributed by atoms with Crippen molar-refractivity contribution < 1.29 is 69.1 Å². The van der Waals surface area contributed by atoms with Gasteiger partial charge in [0.15, 0.2) is 12.3 Å². The van der Waals surface area contributed by atoms with E-state index in [1.165, 1.54) is 0 Å². The third kappa shape index (κ3) is 6.14. The van der Waals surface area contributed by atoms with Gasteiger partial charge in [0.25, 0.3) is 0 Å². The standard InChI is InChI=1S/C14H27N2O13P/c1-4(18)16-8-11(21)9(19)6(3-26-30(23,24)25)28-14(8)29-12-5(2-17)27-13(22)7(15)10(12)20/h5-14,17,19-22H,2-3,15H2,1H3,(H,16,18)(H2,23,24,25)/p-1/t5-,6-,7-,8-,9-,10-,11-,12-,13?,14+/m1/s1. The number of amides is 1. The van der Waals surface area contributed by atoms with Crippen LogP contribution in [0.3, 0.4) is 0 Å². The predicted octanol–water partition coefficient (Wildman–Crippen LogP) is -7.15. The number of carbonyl (C=O) groups is 1. The minimum Gasteiger partial charge on any atom is -0.790 e. The lowest BCUT2D eigenvalue weighted by Crippen LogP contribution is -2.78. The van der Waals surface area contributed by atoms with Crippen molar-refractivity contribution in [3.8, 4) is 0 Å². The summed E-state index contributed by atoms with van der Waals surface area (Å²) in [5, 5.41) is 52.4. The minimum absolute atomic E-state index is 0.647. The van der Waals surface area contributed by atoms with Gasteiger partial charge in [0.2, 0.25) is 12.2 Å². The molecule has 9 N–H and O–H groups in total. The number of hydrogen-bond donors (Lipinski definition) is 7. The molecule has 0 aromatic rings. The number of hydrogen-bond acceptors (Lipinski definition) is 13. The summed E-state index contributed by atoms with van der Waals surface area (Å²) in [4.78, 5) is 32.9. The lowest BCUT2D eigenvalue weighted by Gasteiger charge is -2.46. The summed E-state index contributed by atoms with van der Waals surface area (Å²) in [6.07, 6.45) is -12.3. The van der Waals surface area contributed by atoms with Crippen LogP contribution in [-0.4, -0.2) is 106 Å². The van der Waals surface area contributed by atoms with Gasteiger partial charge in [0, 0.05) is 6.92 Å². The van der Waals surface area contributed by atoms with Gasteiger partial charge in [-0.1, -0.05) is 0 Å². The van der Waals surface area contributed by atoms with Crippen LogP contribution >= 0.6 is 7.82 Å². The Hall–Kier alpha value is -0.780. The first-order chi connectivity index (χ1) is 13.9. The van der Waals surface area contributed by atoms with Crippen molar-refractivity contribution in [2.75, 3.05) is 13.2 Å². The van der Waals surface area contributed by atoms with Crippen LogP contribution < -0.4 is 20.8 Å². The molecule has 15 nitrogen and oxygen atoms in total. The molecule has 10 atom stereocenters. The molecule has 2 aliphatic heterocycles. The van der Waals surface area contributed by atoms with Crippen molar-refractivity contribution in [1.82, 2.24) is 5.32 Å². The van der Waals surface area contributed by atoms with E-state index >= 15 is 0 Å². The molecule has 0 aliphatic carbocycles. The van der Waals surface area contributed by atoms with Gasteiger partial charge in [-0.05, 0) is 0 Å². The molecule has 0 bridgehead atoms. The molecule has 2 saturated heterocycles. The Morgan fingerprint density at radius 1 is 1.13 bits per heavy atom. The molecule has 0 aromatic carbocycles. The van der Waals surface area contributed by atoms with Crippen LogP contribution in [0, 0.1) is 0 Å². The monoisotopic (exact) mass is 461 g/mol. The van der Waals surface area contributed by atoms with Gasteiger partial charge in [-0.15, -0.1) is 0 Å². The molecule has 30 heavy (non-hydrogen) atoms. The molecule has 0 aromatic heterocycles. The van der Waals surface area contributed by atoms with E-state index in [4.69, 9.17) is 14.2 Å². The summed E-state index contributed by atoms with van der Waals surface area (Å²) in [7, 11) is -5.42. The summed E-state index contributed by atoms with van der Waals surface area (Å²) < 4.78 is 30.9. The van der Waals surface area contributed by atoms with E-state index in [1.54, 1.807) is 0 Å². The molecule has 2 aliphatic rings. The molecule has 2 rings (SSSR count). The highest BCUT2D eigenvalue weighted by atomic mass is 31.2. The number of carbonyl (C=O) groups excluding carboxylic acids is 1. The van der Waals surface area contributed by atoms with E-state index in [9.17, 15) is 44.7 Å². The van der Waals surface area contributed by atoms with E-state index < -0.39 is 88.2 Å². The van der Waals surface area contributed by atoms with E-state index in [2.05, 4.69) is 15.6 Å². The van der Waals surface area contributed by atoms with Crippen molar-refractivity contribution in [1.29, 1.82) is 0 Å². The first-order valence-electron chi connectivity index (χ1n) is 8.92. The highest BCUT2D eigenvalue weighted by molar-refractivity contribution is 7.43. The molecular formula is C14H26N2O13P-. The van der Waals surface area contributed by atoms with Gasteiger partial charge in [-0.2, -0.15) is 0 Å². The SMILES string of the molecule is CC(=O)N[C@H]1[C@H](O[C@H]2[C@H](O)[C@@H]([NH3+])C(O)O[C@@H]2CO)O[C@H](COP(=O)([O-])[O-])[C@@H](O)[C@@H]1O. The fraction of sp³-hybridized carbons (Fsp3) is 0.929. The number of ether oxygens (including phenoxy) is 3. The largest absolute Gasteiger partial charge is 0.790 e. The second-order valence-corrected chi connectivity index (χ2v) is 8.15. The fourth-order valence-electron chi connectivity index (χ4n) is 3.20. The number of phosphoric acid groups is 1. The van der Waals surface area contributed by atoms with Gasteiger partial charge in [0.05, 0.1) is 21.0 Å². The van der Waals surface area contributed by atoms with E-state index in [0.717, 1.165) is 6.92 Å². The second kappa shape index (κ2) is 10.2. The Morgan fingerprint density at radius 2 is 1.77 bits per heavy atom. The number of rotatable bonds is 7. The normalized spacial score (nSPS) is 42.7. The molecule has 176 valence electrons. The van der Waals surface area contributed by atoms with E-state index in [1.807, 2.05) is 0 Å². The minimum atomic E-state index is -5.42. The lowest BCUT2D eigenvalue weighted by atomic mass is 9.95. The molecule has 16 heteroatoms. The number of phosphoric ester groups is 1. The summed E-state index contributed by atoms with van der Waals surface area (Å²) in [6.45, 7) is -0.552. The Balaban J connectivity index is 2.24. The van der Waals surface area contributed by atoms with Gasteiger partial charge in [0.1, 0.15) is 42.7 Å². The Morgan fingerprint density at radius 3 is 2.30 bits per heavy atom. The van der Waals surface area contributed by atoms with Crippen LogP contribution in [0.4, 0.5) is 0 Å². The van der Waals surface area contributed by atoms with Gasteiger partial charge in [-0.25, -0.2) is 0 Å².